The molecule has 2 aromatic heterocycles. The Bertz CT molecular complexity index is 1110. The number of benzene rings is 2. The highest BCUT2D eigenvalue weighted by molar-refractivity contribution is 5.67. The van der Waals surface area contributed by atoms with Gasteiger partial charge in [-0.1, -0.05) is 36.4 Å². The van der Waals surface area contributed by atoms with E-state index in [9.17, 15) is 0 Å². The smallest absolute Gasteiger partial charge is 0.290 e. The molecule has 160 valence electrons. The van der Waals surface area contributed by atoms with E-state index in [1.165, 1.54) is 5.56 Å². The number of hydrogen-bond donors (Lipinski definition) is 1. The normalized spacial score (nSPS) is 10.4. The van der Waals surface area contributed by atoms with E-state index in [4.69, 9.17) is 19.4 Å². The summed E-state index contributed by atoms with van der Waals surface area (Å²) in [6, 6.07) is 20.7. The zero-order valence-corrected chi connectivity index (χ0v) is 17.6. The number of aryl methyl sites for hydroxylation is 1. The summed E-state index contributed by atoms with van der Waals surface area (Å²) in [5.41, 5.74) is 5.51. The second-order valence-electron chi connectivity index (χ2n) is 6.87. The van der Waals surface area contributed by atoms with Crippen molar-refractivity contribution in [2.45, 2.75) is 20.0 Å². The molecule has 2 heterocycles. The minimum Gasteiger partial charge on any atom is -0.489 e. The van der Waals surface area contributed by atoms with Crippen LogP contribution in [0.5, 0.6) is 5.75 Å². The number of rotatable bonds is 7. The molecule has 0 aliphatic carbocycles. The lowest BCUT2D eigenvalue weighted by atomic mass is 10.1. The van der Waals surface area contributed by atoms with Gasteiger partial charge in [0.1, 0.15) is 18.2 Å². The molecule has 0 amide bonds. The van der Waals surface area contributed by atoms with Gasteiger partial charge in [0, 0.05) is 13.3 Å². The van der Waals surface area contributed by atoms with Crippen LogP contribution in [0.1, 0.15) is 17.0 Å². The van der Waals surface area contributed by atoms with Gasteiger partial charge >= 0.3 is 0 Å². The van der Waals surface area contributed by atoms with Gasteiger partial charge in [-0.2, -0.15) is 0 Å². The molecule has 0 bridgehead atoms. The first-order valence-electron chi connectivity index (χ1n) is 9.84. The third-order valence-electron chi connectivity index (χ3n) is 4.79. The quantitative estimate of drug-likeness (QED) is 0.453. The molecule has 0 saturated carbocycles. The molecule has 31 heavy (non-hydrogen) atoms. The maximum atomic E-state index is 8.36. The van der Waals surface area contributed by atoms with E-state index in [0.29, 0.717) is 6.61 Å². The van der Waals surface area contributed by atoms with Crippen LogP contribution < -0.4 is 4.74 Å². The van der Waals surface area contributed by atoms with Crippen molar-refractivity contribution < 1.29 is 19.4 Å². The maximum absolute atomic E-state index is 8.36. The van der Waals surface area contributed by atoms with Gasteiger partial charge in [0.15, 0.2) is 5.65 Å². The highest BCUT2D eigenvalue weighted by Crippen LogP contribution is 2.22. The average molecular weight is 419 g/mol. The van der Waals surface area contributed by atoms with Gasteiger partial charge in [-0.3, -0.25) is 9.20 Å². The molecule has 0 unspecified atom stereocenters. The van der Waals surface area contributed by atoms with Crippen LogP contribution in [-0.2, 0) is 22.6 Å². The molecular weight excluding hydrogens is 394 g/mol. The molecule has 0 spiro atoms. The summed E-state index contributed by atoms with van der Waals surface area (Å²) in [5.74, 6) is 1.76. The van der Waals surface area contributed by atoms with Gasteiger partial charge in [0.05, 0.1) is 6.61 Å². The van der Waals surface area contributed by atoms with Crippen LogP contribution in [0.4, 0.5) is 0 Å². The minimum atomic E-state index is -0.250. The molecular formula is C24H25N3O4. The van der Waals surface area contributed by atoms with Crippen molar-refractivity contribution in [1.82, 2.24) is 14.6 Å². The molecule has 0 atom stereocenters. The number of methoxy groups -OCH3 is 1. The third kappa shape index (κ3) is 5.90. The number of nitrogens with zero attached hydrogens (tertiary/aromatic N) is 3. The molecule has 4 aromatic rings. The molecule has 4 rings (SSSR count). The lowest BCUT2D eigenvalue weighted by Gasteiger charge is -2.09. The lowest BCUT2D eigenvalue weighted by Crippen LogP contribution is -1.97. The van der Waals surface area contributed by atoms with Crippen molar-refractivity contribution in [3.63, 3.8) is 0 Å². The van der Waals surface area contributed by atoms with Crippen LogP contribution in [0, 0.1) is 6.92 Å². The Hall–Kier alpha value is -3.71. The van der Waals surface area contributed by atoms with E-state index in [2.05, 4.69) is 58.7 Å². The first-order valence-corrected chi connectivity index (χ1v) is 9.84. The van der Waals surface area contributed by atoms with E-state index in [1.54, 1.807) is 7.11 Å². The van der Waals surface area contributed by atoms with Gasteiger partial charge in [-0.25, -0.2) is 0 Å². The number of fused-ring (bicyclic) bond motifs is 1. The molecule has 0 aliphatic heterocycles. The summed E-state index contributed by atoms with van der Waals surface area (Å²) in [7, 11) is 1.72. The zero-order chi connectivity index (χ0) is 22.1. The molecule has 0 aliphatic rings. The summed E-state index contributed by atoms with van der Waals surface area (Å²) in [6.07, 6.45) is 2.92. The largest absolute Gasteiger partial charge is 0.489 e. The topological polar surface area (TPSA) is 86.0 Å². The standard InChI is InChI=1S/C23H23N3O2.CH2O2/c1-17-24-25-23-15-21(11-13-26(17)23)20-7-3-19(4-8-20)16-28-22-9-5-18(6-10-22)12-14-27-2;2-1-3/h3-11,13,15H,12,14,16H2,1-2H3;1H,(H,2,3). The fourth-order valence-corrected chi connectivity index (χ4v) is 3.12. The number of ether oxygens (including phenoxy) is 2. The second kappa shape index (κ2) is 10.9. The summed E-state index contributed by atoms with van der Waals surface area (Å²) in [4.78, 5) is 8.36. The van der Waals surface area contributed by atoms with Crippen molar-refractivity contribution in [3.05, 3.63) is 83.8 Å². The number of hydrogen-bond acceptors (Lipinski definition) is 5. The molecule has 1 N–H and O–H groups in total. The SMILES string of the molecule is COCCc1ccc(OCc2ccc(-c3ccn4c(C)nnc4c3)cc2)cc1.O=CO. The number of carboxylic acid groups (broad SMARTS) is 1. The Morgan fingerprint density at radius 2 is 1.65 bits per heavy atom. The third-order valence-corrected chi connectivity index (χ3v) is 4.79. The molecule has 7 nitrogen and oxygen atoms in total. The highest BCUT2D eigenvalue weighted by atomic mass is 16.5. The summed E-state index contributed by atoms with van der Waals surface area (Å²) < 4.78 is 13.0. The monoisotopic (exact) mass is 419 g/mol. The molecule has 0 radical (unpaired) electrons. The fourth-order valence-electron chi connectivity index (χ4n) is 3.12. The van der Waals surface area contributed by atoms with Crippen LogP contribution in [0.2, 0.25) is 0 Å². The van der Waals surface area contributed by atoms with Crippen molar-refractivity contribution in [1.29, 1.82) is 0 Å². The van der Waals surface area contributed by atoms with Crippen LogP contribution in [0.15, 0.2) is 66.9 Å². The Morgan fingerprint density at radius 1 is 0.968 bits per heavy atom. The number of aromatic nitrogens is 3. The summed E-state index contributed by atoms with van der Waals surface area (Å²) in [6.45, 7) is 2.97. The van der Waals surface area contributed by atoms with Crippen LogP contribution in [0.25, 0.3) is 16.8 Å². The first-order chi connectivity index (χ1) is 15.1. The Labute approximate surface area is 180 Å². The van der Waals surface area contributed by atoms with Crippen molar-refractivity contribution in [3.8, 4) is 16.9 Å². The Balaban J connectivity index is 0.000000858. The van der Waals surface area contributed by atoms with Crippen LogP contribution in [0.3, 0.4) is 0 Å². The van der Waals surface area contributed by atoms with Gasteiger partial charge in [0.2, 0.25) is 0 Å². The summed E-state index contributed by atoms with van der Waals surface area (Å²) in [5, 5.41) is 15.2. The van der Waals surface area contributed by atoms with E-state index < -0.39 is 0 Å². The molecule has 7 heteroatoms. The average Bonchev–Trinajstić information content (AvgIpc) is 3.18. The molecule has 0 saturated heterocycles. The second-order valence-corrected chi connectivity index (χ2v) is 6.87. The summed E-state index contributed by atoms with van der Waals surface area (Å²) >= 11 is 0. The van der Waals surface area contributed by atoms with Crippen molar-refractivity contribution in [2.75, 3.05) is 13.7 Å². The van der Waals surface area contributed by atoms with Crippen LogP contribution >= 0.6 is 0 Å². The van der Waals surface area contributed by atoms with E-state index in [0.717, 1.165) is 46.9 Å². The Morgan fingerprint density at radius 3 is 2.32 bits per heavy atom. The van der Waals surface area contributed by atoms with Gasteiger partial charge in [-0.15, -0.1) is 10.2 Å². The maximum Gasteiger partial charge on any atom is 0.290 e. The number of pyridine rings is 1. The zero-order valence-electron chi connectivity index (χ0n) is 17.6. The highest BCUT2D eigenvalue weighted by Gasteiger charge is 2.04. The molecule has 0 fully saturated rings. The van der Waals surface area contributed by atoms with E-state index in [-0.39, 0.29) is 6.47 Å². The van der Waals surface area contributed by atoms with Crippen LogP contribution in [-0.4, -0.2) is 39.9 Å². The predicted molar refractivity (Wildman–Crippen MR) is 118 cm³/mol. The van der Waals surface area contributed by atoms with Gasteiger partial charge in [-0.05, 0) is 59.9 Å². The van der Waals surface area contributed by atoms with Gasteiger partial charge < -0.3 is 14.6 Å². The predicted octanol–water partition coefficient (Wildman–Crippen LogP) is 4.17. The van der Waals surface area contributed by atoms with Crippen molar-refractivity contribution in [2.24, 2.45) is 0 Å². The lowest BCUT2D eigenvalue weighted by molar-refractivity contribution is -0.122. The van der Waals surface area contributed by atoms with E-state index in [1.807, 2.05) is 29.7 Å². The van der Waals surface area contributed by atoms with E-state index >= 15 is 0 Å². The number of carbonyl (C=O) groups is 1. The fraction of sp³-hybridized carbons (Fsp3) is 0.208. The first kappa shape index (κ1) is 22.0. The van der Waals surface area contributed by atoms with Crippen molar-refractivity contribution >= 4 is 12.1 Å². The minimum absolute atomic E-state index is 0.250. The molecule has 2 aromatic carbocycles. The van der Waals surface area contributed by atoms with Gasteiger partial charge in [0.25, 0.3) is 6.47 Å². The Kier molecular flexibility index (Phi) is 7.73.